The quantitative estimate of drug-likeness (QED) is 0.212. The predicted molar refractivity (Wildman–Crippen MR) is 120 cm³/mol. The third-order valence-corrected chi connectivity index (χ3v) is 5.27. The zero-order chi connectivity index (χ0) is 20.5. The van der Waals surface area contributed by atoms with Crippen LogP contribution in [0.15, 0.2) is 12.1 Å². The van der Waals surface area contributed by atoms with Gasteiger partial charge in [-0.15, -0.1) is 0 Å². The molecule has 0 aliphatic carbocycles. The van der Waals surface area contributed by atoms with E-state index < -0.39 is 0 Å². The lowest BCUT2D eigenvalue weighted by molar-refractivity contribution is 0.301. The number of anilines is 1. The molecule has 0 saturated heterocycles. The Hall–Kier alpha value is -1.58. The van der Waals surface area contributed by atoms with Crippen LogP contribution < -0.4 is 19.9 Å². The van der Waals surface area contributed by atoms with Gasteiger partial charge in [-0.2, -0.15) is 0 Å². The summed E-state index contributed by atoms with van der Waals surface area (Å²) in [5, 5.41) is 0. The van der Waals surface area contributed by atoms with Gasteiger partial charge in [0.2, 0.25) is 0 Å². The third-order valence-electron chi connectivity index (χ3n) is 5.27. The Bertz CT molecular complexity index is 505. The SMILES string of the molecule is CCCCCCCCCCCCCCCCOc1cc(OC)c(OC)cc1N. The van der Waals surface area contributed by atoms with Gasteiger partial charge < -0.3 is 19.9 Å². The van der Waals surface area contributed by atoms with Gasteiger partial charge in [0, 0.05) is 12.1 Å². The zero-order valence-corrected chi connectivity index (χ0v) is 18.6. The fraction of sp³-hybridized carbons (Fsp3) is 0.750. The molecule has 0 atom stereocenters. The normalized spacial score (nSPS) is 10.8. The Labute approximate surface area is 173 Å². The van der Waals surface area contributed by atoms with Crippen molar-refractivity contribution in [3.63, 3.8) is 0 Å². The van der Waals surface area contributed by atoms with E-state index in [0.717, 1.165) is 6.42 Å². The largest absolute Gasteiger partial charge is 0.493 e. The van der Waals surface area contributed by atoms with E-state index in [1.165, 1.54) is 83.5 Å². The molecule has 0 spiro atoms. The lowest BCUT2D eigenvalue weighted by Gasteiger charge is -2.13. The van der Waals surface area contributed by atoms with Crippen LogP contribution in [0.4, 0.5) is 5.69 Å². The van der Waals surface area contributed by atoms with E-state index in [1.807, 2.05) is 0 Å². The second-order valence-electron chi connectivity index (χ2n) is 7.69. The smallest absolute Gasteiger partial charge is 0.164 e. The standard InChI is InChI=1S/C24H43NO3/c1-4-5-6-7-8-9-10-11-12-13-14-15-16-17-18-28-22-20-24(27-3)23(26-2)19-21(22)25/h19-20H,4-18,25H2,1-3H3. The molecule has 0 heterocycles. The molecule has 1 aromatic rings. The molecule has 4 heteroatoms. The molecular weight excluding hydrogens is 350 g/mol. The number of hydrogen-bond acceptors (Lipinski definition) is 4. The van der Waals surface area contributed by atoms with Gasteiger partial charge in [0.05, 0.1) is 26.5 Å². The average molecular weight is 394 g/mol. The molecular formula is C24H43NO3. The van der Waals surface area contributed by atoms with Crippen molar-refractivity contribution in [2.75, 3.05) is 26.6 Å². The summed E-state index contributed by atoms with van der Waals surface area (Å²) in [6.45, 7) is 2.97. The Morgan fingerprint density at radius 2 is 1.04 bits per heavy atom. The lowest BCUT2D eigenvalue weighted by Crippen LogP contribution is -2.02. The maximum absolute atomic E-state index is 6.02. The van der Waals surface area contributed by atoms with Crippen LogP contribution in [0.1, 0.15) is 96.8 Å². The van der Waals surface area contributed by atoms with Crippen molar-refractivity contribution < 1.29 is 14.2 Å². The highest BCUT2D eigenvalue weighted by Crippen LogP contribution is 2.36. The van der Waals surface area contributed by atoms with E-state index >= 15 is 0 Å². The number of rotatable bonds is 18. The van der Waals surface area contributed by atoms with Gasteiger partial charge in [0.15, 0.2) is 11.5 Å². The van der Waals surface area contributed by atoms with Gasteiger partial charge in [-0.1, -0.05) is 90.4 Å². The van der Waals surface area contributed by atoms with Gasteiger partial charge in [-0.05, 0) is 6.42 Å². The highest BCUT2D eigenvalue weighted by Gasteiger charge is 2.10. The predicted octanol–water partition coefficient (Wildman–Crippen LogP) is 7.15. The minimum absolute atomic E-state index is 0.586. The monoisotopic (exact) mass is 393 g/mol. The van der Waals surface area contributed by atoms with Gasteiger partial charge in [-0.25, -0.2) is 0 Å². The first-order valence-corrected chi connectivity index (χ1v) is 11.4. The van der Waals surface area contributed by atoms with Gasteiger partial charge in [-0.3, -0.25) is 0 Å². The van der Waals surface area contributed by atoms with Crippen molar-refractivity contribution in [1.29, 1.82) is 0 Å². The molecule has 1 aromatic carbocycles. The van der Waals surface area contributed by atoms with Crippen LogP contribution in [0, 0.1) is 0 Å². The summed E-state index contributed by atoms with van der Waals surface area (Å²) in [6.07, 6.45) is 19.0. The van der Waals surface area contributed by atoms with Crippen LogP contribution in [0.5, 0.6) is 17.2 Å². The van der Waals surface area contributed by atoms with E-state index in [1.54, 1.807) is 26.4 Å². The van der Waals surface area contributed by atoms with Crippen LogP contribution in [0.25, 0.3) is 0 Å². The summed E-state index contributed by atoms with van der Waals surface area (Å²) in [7, 11) is 3.22. The van der Waals surface area contributed by atoms with Gasteiger partial charge in [0.25, 0.3) is 0 Å². The highest BCUT2D eigenvalue weighted by molar-refractivity contribution is 5.61. The molecule has 0 aliphatic heterocycles. The number of methoxy groups -OCH3 is 2. The van der Waals surface area contributed by atoms with Crippen molar-refractivity contribution in [2.24, 2.45) is 0 Å². The minimum atomic E-state index is 0.586. The summed E-state index contributed by atoms with van der Waals surface area (Å²) in [5.74, 6) is 1.95. The molecule has 0 amide bonds. The van der Waals surface area contributed by atoms with Crippen LogP contribution >= 0.6 is 0 Å². The fourth-order valence-electron chi connectivity index (χ4n) is 3.48. The molecule has 0 aliphatic rings. The topological polar surface area (TPSA) is 53.7 Å². The summed E-state index contributed by atoms with van der Waals surface area (Å²) in [5.41, 5.74) is 6.61. The van der Waals surface area contributed by atoms with Gasteiger partial charge in [0.1, 0.15) is 5.75 Å². The van der Waals surface area contributed by atoms with E-state index in [2.05, 4.69) is 6.92 Å². The fourth-order valence-corrected chi connectivity index (χ4v) is 3.48. The number of nitrogen functional groups attached to an aromatic ring is 1. The molecule has 1 rings (SSSR count). The van der Waals surface area contributed by atoms with E-state index in [0.29, 0.717) is 29.5 Å². The molecule has 0 unspecified atom stereocenters. The average Bonchev–Trinajstić information content (AvgIpc) is 2.71. The van der Waals surface area contributed by atoms with Crippen molar-refractivity contribution in [2.45, 2.75) is 96.8 Å². The van der Waals surface area contributed by atoms with Crippen LogP contribution in [0.3, 0.4) is 0 Å². The number of unbranched alkanes of at least 4 members (excludes halogenated alkanes) is 13. The molecule has 0 radical (unpaired) electrons. The first kappa shape index (κ1) is 24.5. The number of ether oxygens (including phenoxy) is 3. The van der Waals surface area contributed by atoms with E-state index in [9.17, 15) is 0 Å². The number of hydrogen-bond donors (Lipinski definition) is 1. The summed E-state index contributed by atoms with van der Waals surface area (Å²) < 4.78 is 16.4. The Morgan fingerprint density at radius 3 is 1.50 bits per heavy atom. The third kappa shape index (κ3) is 10.7. The lowest BCUT2D eigenvalue weighted by atomic mass is 10.0. The minimum Gasteiger partial charge on any atom is -0.493 e. The first-order chi connectivity index (χ1) is 13.7. The maximum Gasteiger partial charge on any atom is 0.164 e. The summed E-state index contributed by atoms with van der Waals surface area (Å²) in [6, 6.07) is 3.55. The van der Waals surface area contributed by atoms with E-state index in [4.69, 9.17) is 19.9 Å². The molecule has 2 N–H and O–H groups in total. The highest BCUT2D eigenvalue weighted by atomic mass is 16.5. The van der Waals surface area contributed by atoms with Crippen molar-refractivity contribution >= 4 is 5.69 Å². The van der Waals surface area contributed by atoms with Crippen molar-refractivity contribution in [3.05, 3.63) is 12.1 Å². The molecule has 28 heavy (non-hydrogen) atoms. The molecule has 0 saturated carbocycles. The molecule has 0 bridgehead atoms. The van der Waals surface area contributed by atoms with Crippen LogP contribution in [-0.4, -0.2) is 20.8 Å². The molecule has 0 fully saturated rings. The Balaban J connectivity index is 1.97. The summed E-state index contributed by atoms with van der Waals surface area (Å²) >= 11 is 0. The second-order valence-corrected chi connectivity index (χ2v) is 7.69. The first-order valence-electron chi connectivity index (χ1n) is 11.4. The Morgan fingerprint density at radius 1 is 0.607 bits per heavy atom. The van der Waals surface area contributed by atoms with Crippen molar-refractivity contribution in [1.82, 2.24) is 0 Å². The molecule has 4 nitrogen and oxygen atoms in total. The number of nitrogens with two attached hydrogens (primary N) is 1. The molecule has 162 valence electrons. The molecule has 0 aromatic heterocycles. The Kier molecular flexibility index (Phi) is 14.3. The number of benzene rings is 1. The van der Waals surface area contributed by atoms with Crippen LogP contribution in [0.2, 0.25) is 0 Å². The van der Waals surface area contributed by atoms with E-state index in [-0.39, 0.29) is 0 Å². The zero-order valence-electron chi connectivity index (χ0n) is 18.6. The summed E-state index contributed by atoms with van der Waals surface area (Å²) in [4.78, 5) is 0. The van der Waals surface area contributed by atoms with Gasteiger partial charge >= 0.3 is 0 Å². The van der Waals surface area contributed by atoms with Crippen LogP contribution in [-0.2, 0) is 0 Å². The second kappa shape index (κ2) is 16.4. The maximum atomic E-state index is 6.02. The van der Waals surface area contributed by atoms with Crippen molar-refractivity contribution in [3.8, 4) is 17.2 Å².